The van der Waals surface area contributed by atoms with Crippen molar-refractivity contribution in [3.05, 3.63) is 11.9 Å². The van der Waals surface area contributed by atoms with Gasteiger partial charge >= 0.3 is 0 Å². The average Bonchev–Trinajstić information content (AvgIpc) is 3.08. The van der Waals surface area contributed by atoms with Crippen molar-refractivity contribution in [3.63, 3.8) is 0 Å². The zero-order valence-electron chi connectivity index (χ0n) is 11.3. The van der Waals surface area contributed by atoms with Gasteiger partial charge in [-0.3, -0.25) is 9.69 Å². The highest BCUT2D eigenvalue weighted by Crippen LogP contribution is 2.38. The van der Waals surface area contributed by atoms with Crippen molar-refractivity contribution in [2.45, 2.75) is 31.2 Å². The number of nitrogens with zero attached hydrogens (tertiary/aromatic N) is 4. The van der Waals surface area contributed by atoms with Crippen molar-refractivity contribution in [3.8, 4) is 0 Å². The standard InChI is InChI=1S/C13H20N4O2/c1-16-11(10-14-15-16)12(18)13(4-2-3-5-13)17-6-8-19-9-7-17/h10H,2-9H2,1H3. The van der Waals surface area contributed by atoms with Crippen LogP contribution in [0, 0.1) is 0 Å². The number of ketones is 1. The smallest absolute Gasteiger partial charge is 0.202 e. The van der Waals surface area contributed by atoms with Gasteiger partial charge in [0.1, 0.15) is 5.69 Å². The second-order valence-corrected chi connectivity index (χ2v) is 5.41. The van der Waals surface area contributed by atoms with E-state index in [1.54, 1.807) is 17.9 Å². The Balaban J connectivity index is 1.91. The van der Waals surface area contributed by atoms with Gasteiger partial charge in [0.25, 0.3) is 0 Å². The first-order chi connectivity index (χ1) is 9.24. The second-order valence-electron chi connectivity index (χ2n) is 5.41. The van der Waals surface area contributed by atoms with Crippen LogP contribution in [-0.4, -0.2) is 57.5 Å². The van der Waals surface area contributed by atoms with Crippen molar-refractivity contribution < 1.29 is 9.53 Å². The minimum Gasteiger partial charge on any atom is -0.379 e. The molecule has 19 heavy (non-hydrogen) atoms. The topological polar surface area (TPSA) is 60.2 Å². The van der Waals surface area contributed by atoms with Gasteiger partial charge in [-0.15, -0.1) is 5.10 Å². The summed E-state index contributed by atoms with van der Waals surface area (Å²) in [6.45, 7) is 3.13. The number of Topliss-reactive ketones (excluding diaryl/α,β-unsaturated/α-hetero) is 1. The molecule has 1 aliphatic heterocycles. The van der Waals surface area contributed by atoms with Gasteiger partial charge in [-0.1, -0.05) is 18.1 Å². The van der Waals surface area contributed by atoms with Crippen LogP contribution in [0.5, 0.6) is 0 Å². The molecule has 1 aromatic rings. The summed E-state index contributed by atoms with van der Waals surface area (Å²) in [5.74, 6) is 0.180. The van der Waals surface area contributed by atoms with Crippen molar-refractivity contribution in [2.75, 3.05) is 26.3 Å². The van der Waals surface area contributed by atoms with Crippen molar-refractivity contribution in [1.29, 1.82) is 0 Å². The first-order valence-electron chi connectivity index (χ1n) is 6.96. The minimum atomic E-state index is -0.348. The lowest BCUT2D eigenvalue weighted by Gasteiger charge is -2.41. The molecule has 1 aliphatic carbocycles. The lowest BCUT2D eigenvalue weighted by Crippen LogP contribution is -2.57. The van der Waals surface area contributed by atoms with E-state index in [0.717, 1.165) is 52.0 Å². The summed E-state index contributed by atoms with van der Waals surface area (Å²) in [5, 5.41) is 7.73. The third kappa shape index (κ3) is 2.08. The highest BCUT2D eigenvalue weighted by molar-refractivity contribution is 6.02. The third-order valence-corrected chi connectivity index (χ3v) is 4.42. The molecule has 0 unspecified atom stereocenters. The zero-order chi connectivity index (χ0) is 13.3. The van der Waals surface area contributed by atoms with E-state index in [-0.39, 0.29) is 11.3 Å². The highest BCUT2D eigenvalue weighted by Gasteiger charge is 2.47. The number of morpholine rings is 1. The molecule has 0 bridgehead atoms. The van der Waals surface area contributed by atoms with E-state index in [0.29, 0.717) is 5.69 Å². The monoisotopic (exact) mass is 264 g/mol. The van der Waals surface area contributed by atoms with Gasteiger partial charge in [0, 0.05) is 20.1 Å². The molecule has 1 saturated carbocycles. The Hall–Kier alpha value is -1.27. The molecule has 0 amide bonds. The maximum absolute atomic E-state index is 13.0. The lowest BCUT2D eigenvalue weighted by molar-refractivity contribution is -0.0133. The molecule has 1 aromatic heterocycles. The van der Waals surface area contributed by atoms with Crippen LogP contribution in [0.25, 0.3) is 0 Å². The van der Waals surface area contributed by atoms with Crippen LogP contribution in [0.2, 0.25) is 0 Å². The molecule has 6 heteroatoms. The molecule has 0 N–H and O–H groups in total. The molecule has 0 radical (unpaired) electrons. The van der Waals surface area contributed by atoms with Gasteiger partial charge in [-0.25, -0.2) is 4.68 Å². The number of hydrogen-bond acceptors (Lipinski definition) is 5. The number of hydrogen-bond donors (Lipinski definition) is 0. The van der Waals surface area contributed by atoms with E-state index >= 15 is 0 Å². The van der Waals surface area contributed by atoms with Crippen LogP contribution < -0.4 is 0 Å². The van der Waals surface area contributed by atoms with Crippen LogP contribution in [0.15, 0.2) is 6.20 Å². The molecule has 3 rings (SSSR count). The SMILES string of the molecule is Cn1nncc1C(=O)C1(N2CCOCC2)CCCC1. The molecule has 0 aromatic carbocycles. The van der Waals surface area contributed by atoms with E-state index < -0.39 is 0 Å². The molecule has 2 fully saturated rings. The molecule has 0 spiro atoms. The maximum Gasteiger partial charge on any atom is 0.202 e. The third-order valence-electron chi connectivity index (χ3n) is 4.42. The Morgan fingerprint density at radius 3 is 2.58 bits per heavy atom. The van der Waals surface area contributed by atoms with Crippen LogP contribution in [0.3, 0.4) is 0 Å². The predicted molar refractivity (Wildman–Crippen MR) is 68.9 cm³/mol. The van der Waals surface area contributed by atoms with Gasteiger partial charge in [0.2, 0.25) is 5.78 Å². The van der Waals surface area contributed by atoms with E-state index in [9.17, 15) is 4.79 Å². The molecular formula is C13H20N4O2. The number of carbonyl (C=O) groups excluding carboxylic acids is 1. The molecule has 2 heterocycles. The Bertz CT molecular complexity index is 459. The van der Waals surface area contributed by atoms with E-state index in [4.69, 9.17) is 4.74 Å². The Kier molecular flexibility index (Phi) is 3.36. The van der Waals surface area contributed by atoms with Gasteiger partial charge in [0.05, 0.1) is 24.9 Å². The highest BCUT2D eigenvalue weighted by atomic mass is 16.5. The largest absolute Gasteiger partial charge is 0.379 e. The summed E-state index contributed by atoms with van der Waals surface area (Å²) in [5.41, 5.74) is 0.271. The number of rotatable bonds is 3. The van der Waals surface area contributed by atoms with Crippen molar-refractivity contribution in [1.82, 2.24) is 19.9 Å². The fourth-order valence-electron chi connectivity index (χ4n) is 3.37. The van der Waals surface area contributed by atoms with Crippen LogP contribution in [-0.2, 0) is 11.8 Å². The number of ether oxygens (including phenoxy) is 1. The molecule has 2 aliphatic rings. The summed E-state index contributed by atoms with van der Waals surface area (Å²) >= 11 is 0. The molecule has 1 saturated heterocycles. The van der Waals surface area contributed by atoms with Crippen molar-refractivity contribution in [2.24, 2.45) is 7.05 Å². The van der Waals surface area contributed by atoms with Crippen molar-refractivity contribution >= 4 is 5.78 Å². The van der Waals surface area contributed by atoms with E-state index in [1.165, 1.54) is 0 Å². The van der Waals surface area contributed by atoms with Gasteiger partial charge < -0.3 is 4.74 Å². The predicted octanol–water partition coefficient (Wildman–Crippen LogP) is 0.643. The quantitative estimate of drug-likeness (QED) is 0.750. The Morgan fingerprint density at radius 1 is 1.32 bits per heavy atom. The minimum absolute atomic E-state index is 0.180. The average molecular weight is 264 g/mol. The maximum atomic E-state index is 13.0. The fraction of sp³-hybridized carbons (Fsp3) is 0.769. The summed E-state index contributed by atoms with van der Waals surface area (Å²) in [6.07, 6.45) is 5.71. The zero-order valence-corrected chi connectivity index (χ0v) is 11.3. The summed E-state index contributed by atoms with van der Waals surface area (Å²) in [6, 6.07) is 0. The first-order valence-corrected chi connectivity index (χ1v) is 6.96. The molecule has 6 nitrogen and oxygen atoms in total. The number of carbonyl (C=O) groups is 1. The number of aryl methyl sites for hydroxylation is 1. The fourth-order valence-corrected chi connectivity index (χ4v) is 3.37. The van der Waals surface area contributed by atoms with Crippen LogP contribution >= 0.6 is 0 Å². The van der Waals surface area contributed by atoms with Crippen LogP contribution in [0.4, 0.5) is 0 Å². The molecular weight excluding hydrogens is 244 g/mol. The molecule has 0 atom stereocenters. The first kappa shape index (κ1) is 12.7. The lowest BCUT2D eigenvalue weighted by atomic mass is 9.87. The second kappa shape index (κ2) is 5.02. The van der Waals surface area contributed by atoms with Gasteiger partial charge in [0.15, 0.2) is 0 Å². The molecule has 104 valence electrons. The Labute approximate surface area is 112 Å². The van der Waals surface area contributed by atoms with E-state index in [2.05, 4.69) is 15.2 Å². The summed E-state index contributed by atoms with van der Waals surface area (Å²) in [7, 11) is 1.78. The normalized spacial score (nSPS) is 23.6. The summed E-state index contributed by atoms with van der Waals surface area (Å²) < 4.78 is 7.00. The Morgan fingerprint density at radius 2 is 2.00 bits per heavy atom. The van der Waals surface area contributed by atoms with Crippen LogP contribution in [0.1, 0.15) is 36.2 Å². The van der Waals surface area contributed by atoms with Gasteiger partial charge in [-0.05, 0) is 12.8 Å². The van der Waals surface area contributed by atoms with Gasteiger partial charge in [-0.2, -0.15) is 0 Å². The summed E-state index contributed by atoms with van der Waals surface area (Å²) in [4.78, 5) is 15.3. The van der Waals surface area contributed by atoms with E-state index in [1.807, 2.05) is 0 Å². The number of aromatic nitrogens is 3.